The van der Waals surface area contributed by atoms with Crippen molar-refractivity contribution in [2.24, 2.45) is 5.92 Å². The number of carboxylic acid groups (broad SMARTS) is 1. The standard InChI is InChI=1S/C17H19NO2/c1-2-5-12-10-18(11-12)16-9-14-7-4-3-6-13(14)8-15(16)17(19)20/h3-4,6-9,12H,2,5,10-11H2,1H3,(H,19,20). The summed E-state index contributed by atoms with van der Waals surface area (Å²) in [4.78, 5) is 13.7. The van der Waals surface area contributed by atoms with Crippen molar-refractivity contribution >= 4 is 22.4 Å². The van der Waals surface area contributed by atoms with Gasteiger partial charge in [0.1, 0.15) is 0 Å². The first-order valence-electron chi connectivity index (χ1n) is 7.20. The highest BCUT2D eigenvalue weighted by Gasteiger charge is 2.29. The van der Waals surface area contributed by atoms with E-state index in [1.54, 1.807) is 6.07 Å². The summed E-state index contributed by atoms with van der Waals surface area (Å²) in [5.74, 6) is -0.127. The Hall–Kier alpha value is -2.03. The van der Waals surface area contributed by atoms with Gasteiger partial charge in [0.05, 0.1) is 11.3 Å². The Morgan fingerprint density at radius 1 is 1.25 bits per heavy atom. The second-order valence-corrected chi connectivity index (χ2v) is 5.58. The molecule has 1 heterocycles. The van der Waals surface area contributed by atoms with E-state index in [0.717, 1.165) is 29.5 Å². The van der Waals surface area contributed by atoms with Crippen molar-refractivity contribution in [1.82, 2.24) is 0 Å². The minimum atomic E-state index is -0.843. The van der Waals surface area contributed by atoms with Crippen LogP contribution in [0, 0.1) is 5.92 Å². The number of hydrogen-bond acceptors (Lipinski definition) is 2. The molecule has 3 heteroatoms. The number of fused-ring (bicyclic) bond motifs is 1. The van der Waals surface area contributed by atoms with E-state index in [-0.39, 0.29) is 0 Å². The van der Waals surface area contributed by atoms with Crippen molar-refractivity contribution in [2.75, 3.05) is 18.0 Å². The lowest BCUT2D eigenvalue weighted by Gasteiger charge is -2.41. The lowest BCUT2D eigenvalue weighted by atomic mass is 9.92. The Kier molecular flexibility index (Phi) is 3.35. The molecule has 3 nitrogen and oxygen atoms in total. The van der Waals surface area contributed by atoms with E-state index in [4.69, 9.17) is 0 Å². The molecule has 1 saturated heterocycles. The van der Waals surface area contributed by atoms with Gasteiger partial charge in [-0.25, -0.2) is 4.79 Å². The zero-order valence-electron chi connectivity index (χ0n) is 11.7. The van der Waals surface area contributed by atoms with Gasteiger partial charge in [0.25, 0.3) is 0 Å². The highest BCUT2D eigenvalue weighted by molar-refractivity contribution is 6.01. The first-order valence-corrected chi connectivity index (χ1v) is 7.20. The number of anilines is 1. The molecule has 2 aromatic carbocycles. The average Bonchev–Trinajstić information content (AvgIpc) is 2.41. The number of nitrogens with zero attached hydrogens (tertiary/aromatic N) is 1. The van der Waals surface area contributed by atoms with Crippen molar-refractivity contribution in [3.63, 3.8) is 0 Å². The Balaban J connectivity index is 1.97. The predicted octanol–water partition coefficient (Wildman–Crippen LogP) is 3.77. The van der Waals surface area contributed by atoms with Gasteiger partial charge in [-0.3, -0.25) is 0 Å². The Morgan fingerprint density at radius 2 is 1.90 bits per heavy atom. The van der Waals surface area contributed by atoms with Crippen LogP contribution in [0.2, 0.25) is 0 Å². The summed E-state index contributed by atoms with van der Waals surface area (Å²) in [6.07, 6.45) is 2.43. The summed E-state index contributed by atoms with van der Waals surface area (Å²) < 4.78 is 0. The number of rotatable bonds is 4. The fourth-order valence-electron chi connectivity index (χ4n) is 3.02. The number of aromatic carboxylic acids is 1. The highest BCUT2D eigenvalue weighted by Crippen LogP contribution is 2.33. The molecule has 104 valence electrons. The Morgan fingerprint density at radius 3 is 2.50 bits per heavy atom. The summed E-state index contributed by atoms with van der Waals surface area (Å²) in [5, 5.41) is 11.5. The number of carbonyl (C=O) groups is 1. The predicted molar refractivity (Wildman–Crippen MR) is 81.5 cm³/mol. The highest BCUT2D eigenvalue weighted by atomic mass is 16.4. The molecule has 1 aliphatic rings. The zero-order chi connectivity index (χ0) is 14.1. The molecule has 2 aromatic rings. The van der Waals surface area contributed by atoms with Gasteiger partial charge in [-0.2, -0.15) is 0 Å². The van der Waals surface area contributed by atoms with E-state index >= 15 is 0 Å². The lowest BCUT2D eigenvalue weighted by Crippen LogP contribution is -2.47. The maximum Gasteiger partial charge on any atom is 0.337 e. The topological polar surface area (TPSA) is 40.5 Å². The van der Waals surface area contributed by atoms with Crippen molar-refractivity contribution in [3.05, 3.63) is 42.0 Å². The van der Waals surface area contributed by atoms with Crippen molar-refractivity contribution in [3.8, 4) is 0 Å². The summed E-state index contributed by atoms with van der Waals surface area (Å²) in [6, 6.07) is 11.7. The largest absolute Gasteiger partial charge is 0.478 e. The molecule has 0 aliphatic carbocycles. The van der Waals surface area contributed by atoms with Crippen LogP contribution in [0.25, 0.3) is 10.8 Å². The maximum atomic E-state index is 11.5. The maximum absolute atomic E-state index is 11.5. The van der Waals surface area contributed by atoms with E-state index in [1.165, 1.54) is 12.8 Å². The summed E-state index contributed by atoms with van der Waals surface area (Å²) in [6.45, 7) is 4.15. The van der Waals surface area contributed by atoms with Crippen LogP contribution in [0.15, 0.2) is 36.4 Å². The quantitative estimate of drug-likeness (QED) is 0.918. The third-order valence-electron chi connectivity index (χ3n) is 4.09. The fraction of sp³-hybridized carbons (Fsp3) is 0.353. The third-order valence-corrected chi connectivity index (χ3v) is 4.09. The second kappa shape index (κ2) is 5.16. The number of hydrogen-bond donors (Lipinski definition) is 1. The average molecular weight is 269 g/mol. The van der Waals surface area contributed by atoms with Gasteiger partial charge >= 0.3 is 5.97 Å². The summed E-state index contributed by atoms with van der Waals surface area (Å²) in [5.41, 5.74) is 1.28. The van der Waals surface area contributed by atoms with Gasteiger partial charge in [-0.15, -0.1) is 0 Å². The third kappa shape index (κ3) is 2.24. The first-order chi connectivity index (χ1) is 9.69. The van der Waals surface area contributed by atoms with Crippen LogP contribution < -0.4 is 4.90 Å². The molecule has 0 aromatic heterocycles. The normalized spacial score (nSPS) is 15.3. The first kappa shape index (κ1) is 13.0. The Labute approximate surface area is 118 Å². The van der Waals surface area contributed by atoms with E-state index in [1.807, 2.05) is 30.3 Å². The van der Waals surface area contributed by atoms with Crippen molar-refractivity contribution in [2.45, 2.75) is 19.8 Å². The zero-order valence-corrected chi connectivity index (χ0v) is 11.7. The molecule has 0 bridgehead atoms. The van der Waals surface area contributed by atoms with Crippen molar-refractivity contribution < 1.29 is 9.90 Å². The monoisotopic (exact) mass is 269 g/mol. The molecule has 0 saturated carbocycles. The fourth-order valence-corrected chi connectivity index (χ4v) is 3.02. The molecule has 3 rings (SSSR count). The molecule has 0 spiro atoms. The van der Waals surface area contributed by atoms with E-state index in [2.05, 4.69) is 11.8 Å². The molecule has 0 amide bonds. The molecule has 1 aliphatic heterocycles. The molecule has 1 N–H and O–H groups in total. The van der Waals surface area contributed by atoms with Crippen LogP contribution in [0.3, 0.4) is 0 Å². The SMILES string of the molecule is CCCC1CN(c2cc3ccccc3cc2C(=O)O)C1. The van der Waals surface area contributed by atoms with Crippen LogP contribution in [-0.4, -0.2) is 24.2 Å². The van der Waals surface area contributed by atoms with E-state index in [9.17, 15) is 9.90 Å². The van der Waals surface area contributed by atoms with Gasteiger partial charge < -0.3 is 10.0 Å². The van der Waals surface area contributed by atoms with Gasteiger partial charge in [0.15, 0.2) is 0 Å². The smallest absolute Gasteiger partial charge is 0.337 e. The number of benzene rings is 2. The van der Waals surface area contributed by atoms with Crippen LogP contribution in [0.4, 0.5) is 5.69 Å². The van der Waals surface area contributed by atoms with Gasteiger partial charge in [0.2, 0.25) is 0 Å². The Bertz CT molecular complexity index is 644. The van der Waals surface area contributed by atoms with Crippen LogP contribution in [-0.2, 0) is 0 Å². The van der Waals surface area contributed by atoms with Gasteiger partial charge in [0, 0.05) is 13.1 Å². The molecule has 1 fully saturated rings. The molecular weight excluding hydrogens is 250 g/mol. The summed E-state index contributed by atoms with van der Waals surface area (Å²) in [7, 11) is 0. The molecule has 0 unspecified atom stereocenters. The van der Waals surface area contributed by atoms with Crippen LogP contribution >= 0.6 is 0 Å². The molecule has 0 atom stereocenters. The number of carboxylic acids is 1. The van der Waals surface area contributed by atoms with Crippen LogP contribution in [0.1, 0.15) is 30.1 Å². The van der Waals surface area contributed by atoms with Crippen molar-refractivity contribution in [1.29, 1.82) is 0 Å². The van der Waals surface area contributed by atoms with Gasteiger partial charge in [-0.05, 0) is 35.2 Å². The lowest BCUT2D eigenvalue weighted by molar-refractivity contribution is 0.0697. The molecule has 20 heavy (non-hydrogen) atoms. The second-order valence-electron chi connectivity index (χ2n) is 5.58. The van der Waals surface area contributed by atoms with Crippen LogP contribution in [0.5, 0.6) is 0 Å². The summed E-state index contributed by atoms with van der Waals surface area (Å²) >= 11 is 0. The van der Waals surface area contributed by atoms with E-state index < -0.39 is 5.97 Å². The van der Waals surface area contributed by atoms with E-state index in [0.29, 0.717) is 11.5 Å². The molecular formula is C17H19NO2. The van der Waals surface area contributed by atoms with Gasteiger partial charge in [-0.1, -0.05) is 37.6 Å². The minimum Gasteiger partial charge on any atom is -0.478 e. The molecule has 0 radical (unpaired) electrons. The minimum absolute atomic E-state index is 0.415.